The number of hydrogen-bond donors (Lipinski definition) is 3. The van der Waals surface area contributed by atoms with E-state index in [1.165, 1.54) is 11.3 Å². The molecule has 0 aliphatic rings. The number of nitrogens with one attached hydrogen (secondary N) is 2. The Morgan fingerprint density at radius 1 is 1.76 bits per heavy atom. The molecule has 0 amide bonds. The molecule has 0 fully saturated rings. The third-order valence-electron chi connectivity index (χ3n) is 2.01. The minimum Gasteiger partial charge on any atom is -0.486 e. The predicted octanol–water partition coefficient (Wildman–Crippen LogP) is -0.0690. The van der Waals surface area contributed by atoms with Gasteiger partial charge in [-0.2, -0.15) is 10.2 Å². The Kier molecular flexibility index (Phi) is 5.03. The molecule has 7 nitrogen and oxygen atoms in total. The van der Waals surface area contributed by atoms with Crippen molar-refractivity contribution in [2.24, 2.45) is 4.99 Å². The topological polar surface area (TPSA) is 96.6 Å². The van der Waals surface area contributed by atoms with E-state index >= 15 is 0 Å². The van der Waals surface area contributed by atoms with Crippen molar-refractivity contribution in [2.45, 2.75) is 0 Å². The number of aromatic hydroxyl groups is 1. The monoisotopic (exact) mass is 254 g/mol. The lowest BCUT2D eigenvalue weighted by Crippen LogP contribution is -2.39. The summed E-state index contributed by atoms with van der Waals surface area (Å²) in [5.74, 6) is 1.15. The second kappa shape index (κ2) is 6.55. The first-order chi connectivity index (χ1) is 8.17. The molecule has 92 valence electrons. The number of rotatable bonds is 4. The van der Waals surface area contributed by atoms with E-state index in [1.54, 1.807) is 18.6 Å². The van der Waals surface area contributed by atoms with E-state index in [9.17, 15) is 0 Å². The molecular formula is C9H14N6OS. The number of guanidine groups is 1. The Morgan fingerprint density at radius 2 is 2.53 bits per heavy atom. The van der Waals surface area contributed by atoms with Crippen LogP contribution >= 0.6 is 11.3 Å². The predicted molar refractivity (Wildman–Crippen MR) is 67.2 cm³/mol. The highest BCUT2D eigenvalue weighted by Crippen LogP contribution is 2.21. The third kappa shape index (κ3) is 4.16. The average Bonchev–Trinajstić information content (AvgIpc) is 2.74. The van der Waals surface area contributed by atoms with Gasteiger partial charge in [0.1, 0.15) is 5.82 Å². The van der Waals surface area contributed by atoms with E-state index in [2.05, 4.69) is 20.6 Å². The van der Waals surface area contributed by atoms with E-state index in [0.29, 0.717) is 19.0 Å². The lowest BCUT2D eigenvalue weighted by atomic mass is 10.5. The zero-order valence-electron chi connectivity index (χ0n) is 9.64. The van der Waals surface area contributed by atoms with Gasteiger partial charge in [-0.3, -0.25) is 10.3 Å². The maximum absolute atomic E-state index is 9.12. The Hall–Kier alpha value is -2.01. The summed E-state index contributed by atoms with van der Waals surface area (Å²) in [5.41, 5.74) is 0. The van der Waals surface area contributed by atoms with E-state index in [1.807, 2.05) is 11.9 Å². The van der Waals surface area contributed by atoms with Crippen molar-refractivity contribution in [3.63, 3.8) is 0 Å². The van der Waals surface area contributed by atoms with Gasteiger partial charge in [-0.05, 0) is 0 Å². The van der Waals surface area contributed by atoms with Gasteiger partial charge in [0.15, 0.2) is 6.19 Å². The molecule has 0 atom stereocenters. The summed E-state index contributed by atoms with van der Waals surface area (Å²) < 4.78 is 0. The second-order valence-corrected chi connectivity index (χ2v) is 3.98. The van der Waals surface area contributed by atoms with Crippen LogP contribution in [0.4, 0.5) is 5.82 Å². The molecule has 0 unspecified atom stereocenters. The lowest BCUT2D eigenvalue weighted by Gasteiger charge is -2.16. The molecule has 0 spiro atoms. The Morgan fingerprint density at radius 3 is 3.06 bits per heavy atom. The van der Waals surface area contributed by atoms with E-state index < -0.39 is 0 Å². The van der Waals surface area contributed by atoms with Crippen molar-refractivity contribution in [3.8, 4) is 11.4 Å². The summed E-state index contributed by atoms with van der Waals surface area (Å²) in [7, 11) is 3.46. The molecule has 0 aromatic carbocycles. The van der Waals surface area contributed by atoms with Crippen molar-refractivity contribution in [1.82, 2.24) is 15.6 Å². The van der Waals surface area contributed by atoms with Crippen LogP contribution in [0.3, 0.4) is 0 Å². The molecule has 0 aliphatic carbocycles. The first kappa shape index (κ1) is 13.1. The number of thiazole rings is 1. The zero-order chi connectivity index (χ0) is 12.7. The van der Waals surface area contributed by atoms with Crippen LogP contribution in [0.5, 0.6) is 5.19 Å². The summed E-state index contributed by atoms with van der Waals surface area (Å²) >= 11 is 1.19. The molecule has 0 saturated carbocycles. The Bertz CT molecular complexity index is 423. The van der Waals surface area contributed by atoms with Crippen LogP contribution in [0.2, 0.25) is 0 Å². The second-order valence-electron chi connectivity index (χ2n) is 3.15. The van der Waals surface area contributed by atoms with Crippen molar-refractivity contribution in [2.75, 3.05) is 32.1 Å². The fraction of sp³-hybridized carbons (Fsp3) is 0.444. The molecule has 0 aliphatic heterocycles. The molecule has 1 rings (SSSR count). The fourth-order valence-electron chi connectivity index (χ4n) is 1.12. The highest BCUT2D eigenvalue weighted by Gasteiger charge is 2.05. The molecule has 17 heavy (non-hydrogen) atoms. The average molecular weight is 254 g/mol. The maximum Gasteiger partial charge on any atom is 0.272 e. The first-order valence-corrected chi connectivity index (χ1v) is 5.76. The van der Waals surface area contributed by atoms with E-state index in [4.69, 9.17) is 10.4 Å². The molecule has 0 radical (unpaired) electrons. The largest absolute Gasteiger partial charge is 0.486 e. The molecule has 3 N–H and O–H groups in total. The van der Waals surface area contributed by atoms with Crippen LogP contribution < -0.4 is 15.5 Å². The molecule has 0 bridgehead atoms. The van der Waals surface area contributed by atoms with Crippen molar-refractivity contribution in [3.05, 3.63) is 5.38 Å². The number of hydrogen-bond acceptors (Lipinski definition) is 6. The standard InChI is InChI=1S/C9H14N6OS/c1-11-8(13-6-10)12-3-4-15(2)7-5-17-9(16)14-7/h5H,3-4H2,1-2H3,(H,14,16)(H2,11,12,13). The maximum atomic E-state index is 9.12. The number of nitrogens with zero attached hydrogens (tertiary/aromatic N) is 4. The van der Waals surface area contributed by atoms with Crippen molar-refractivity contribution in [1.29, 1.82) is 5.26 Å². The molecule has 1 aromatic heterocycles. The van der Waals surface area contributed by atoms with Gasteiger partial charge >= 0.3 is 0 Å². The molecule has 0 saturated heterocycles. The van der Waals surface area contributed by atoms with Gasteiger partial charge in [0, 0.05) is 32.6 Å². The van der Waals surface area contributed by atoms with Crippen LogP contribution in [0.25, 0.3) is 0 Å². The normalized spacial score (nSPS) is 10.8. The van der Waals surface area contributed by atoms with Crippen LogP contribution in [-0.2, 0) is 0 Å². The van der Waals surface area contributed by atoms with Crippen LogP contribution in [-0.4, -0.2) is 43.2 Å². The van der Waals surface area contributed by atoms with Crippen LogP contribution in [0, 0.1) is 11.5 Å². The quantitative estimate of drug-likeness (QED) is 0.301. The minimum absolute atomic E-state index is 0.0572. The van der Waals surface area contributed by atoms with E-state index in [-0.39, 0.29) is 5.19 Å². The van der Waals surface area contributed by atoms with Gasteiger partial charge < -0.3 is 15.3 Å². The number of likely N-dealkylation sites (N-methyl/N-ethyl adjacent to an activating group) is 1. The summed E-state index contributed by atoms with van der Waals surface area (Å²) in [6, 6.07) is 0. The molecule has 1 aromatic rings. The van der Waals surface area contributed by atoms with Crippen LogP contribution in [0.15, 0.2) is 10.4 Å². The lowest BCUT2D eigenvalue weighted by molar-refractivity contribution is 0.471. The fourth-order valence-corrected chi connectivity index (χ4v) is 1.71. The summed E-state index contributed by atoms with van der Waals surface area (Å²) in [5, 5.41) is 24.8. The van der Waals surface area contributed by atoms with Gasteiger partial charge in [0.2, 0.25) is 5.96 Å². The number of nitriles is 1. The zero-order valence-corrected chi connectivity index (χ0v) is 10.5. The number of anilines is 1. The number of aromatic nitrogens is 1. The van der Waals surface area contributed by atoms with Crippen molar-refractivity contribution >= 4 is 23.1 Å². The SMILES string of the molecule is C/N=C(\NC#N)NCCN(C)c1csc(O)n1. The molecule has 1 heterocycles. The Labute approximate surface area is 103 Å². The minimum atomic E-state index is 0.0572. The van der Waals surface area contributed by atoms with Crippen LogP contribution in [0.1, 0.15) is 0 Å². The van der Waals surface area contributed by atoms with Gasteiger partial charge in [-0.15, -0.1) is 0 Å². The van der Waals surface area contributed by atoms with E-state index in [0.717, 1.165) is 5.82 Å². The van der Waals surface area contributed by atoms with Gasteiger partial charge in [0.25, 0.3) is 5.19 Å². The first-order valence-electron chi connectivity index (χ1n) is 4.88. The van der Waals surface area contributed by atoms with Gasteiger partial charge in [-0.25, -0.2) is 0 Å². The smallest absolute Gasteiger partial charge is 0.272 e. The molecule has 8 heteroatoms. The van der Waals surface area contributed by atoms with Gasteiger partial charge in [-0.1, -0.05) is 11.3 Å². The van der Waals surface area contributed by atoms with Gasteiger partial charge in [0.05, 0.1) is 0 Å². The molecular weight excluding hydrogens is 240 g/mol. The highest BCUT2D eigenvalue weighted by atomic mass is 32.1. The number of aliphatic imine (C=N–C) groups is 1. The summed E-state index contributed by atoms with van der Waals surface area (Å²) in [4.78, 5) is 9.68. The summed E-state index contributed by atoms with van der Waals surface area (Å²) in [6.45, 7) is 1.28. The highest BCUT2D eigenvalue weighted by molar-refractivity contribution is 7.11. The Balaban J connectivity index is 2.34. The third-order valence-corrected chi connectivity index (χ3v) is 2.64. The summed E-state index contributed by atoms with van der Waals surface area (Å²) in [6.07, 6.45) is 1.79. The van der Waals surface area contributed by atoms with Crippen molar-refractivity contribution < 1.29 is 5.11 Å².